The highest BCUT2D eigenvalue weighted by molar-refractivity contribution is 5.38. The van der Waals surface area contributed by atoms with Gasteiger partial charge in [0.1, 0.15) is 11.5 Å². The lowest BCUT2D eigenvalue weighted by Crippen LogP contribution is -2.08. The minimum absolute atomic E-state index is 0.111. The van der Waals surface area contributed by atoms with Gasteiger partial charge in [-0.15, -0.1) is 10.2 Å². The first-order valence-corrected chi connectivity index (χ1v) is 6.52. The van der Waals surface area contributed by atoms with Crippen LogP contribution in [0.2, 0.25) is 0 Å². The Morgan fingerprint density at radius 3 is 1.82 bits per heavy atom. The van der Waals surface area contributed by atoms with Crippen LogP contribution < -0.4 is 9.47 Å². The molecule has 1 N–H and O–H groups in total. The van der Waals surface area contributed by atoms with Crippen molar-refractivity contribution in [3.8, 4) is 11.5 Å². The molecule has 2 heterocycles. The van der Waals surface area contributed by atoms with Crippen LogP contribution in [0.15, 0.2) is 43.0 Å². The number of hydrogen-bond acceptors (Lipinski definition) is 7. The molecule has 2 aromatic heterocycles. The van der Waals surface area contributed by atoms with Gasteiger partial charge in [-0.2, -0.15) is 0 Å². The first-order chi connectivity index (χ1) is 10.8. The second kappa shape index (κ2) is 6.68. The van der Waals surface area contributed by atoms with Gasteiger partial charge >= 0.3 is 0 Å². The number of aliphatic hydroxyl groups excluding tert-OH is 1. The first-order valence-electron chi connectivity index (χ1n) is 6.52. The molecule has 114 valence electrons. The predicted molar refractivity (Wildman–Crippen MR) is 73.7 cm³/mol. The minimum atomic E-state index is -0.111. The molecule has 9 nitrogen and oxygen atoms in total. The van der Waals surface area contributed by atoms with Gasteiger partial charge in [-0.05, 0) is 17.7 Å². The van der Waals surface area contributed by atoms with Gasteiger partial charge in [0.2, 0.25) is 0 Å². The van der Waals surface area contributed by atoms with Gasteiger partial charge in [0, 0.05) is 18.5 Å². The molecule has 0 saturated carbocycles. The molecule has 0 unspecified atom stereocenters. The highest BCUT2D eigenvalue weighted by Gasteiger charge is 2.04. The Morgan fingerprint density at radius 1 is 0.864 bits per heavy atom. The summed E-state index contributed by atoms with van der Waals surface area (Å²) >= 11 is 0. The molecule has 0 saturated heterocycles. The van der Waals surface area contributed by atoms with Gasteiger partial charge in [0.05, 0.1) is 19.0 Å². The lowest BCUT2D eigenvalue weighted by molar-refractivity contribution is 0.204. The topological polar surface area (TPSA) is 100 Å². The molecule has 22 heavy (non-hydrogen) atoms. The van der Waals surface area contributed by atoms with Crippen LogP contribution in [0.1, 0.15) is 5.56 Å². The number of benzene rings is 1. The number of rotatable bonds is 7. The lowest BCUT2D eigenvalue weighted by Gasteiger charge is -2.11. The highest BCUT2D eigenvalue weighted by atomic mass is 16.5. The number of hydrogen-bond donors (Lipinski definition) is 1. The van der Waals surface area contributed by atoms with E-state index in [9.17, 15) is 5.11 Å². The SMILES string of the molecule is OCc1cc(OCn2ccnn2)cc(OCn2ccnn2)c1. The molecule has 0 amide bonds. The van der Waals surface area contributed by atoms with Crippen LogP contribution in [0, 0.1) is 0 Å². The molecule has 0 radical (unpaired) electrons. The van der Waals surface area contributed by atoms with E-state index in [0.717, 1.165) is 0 Å². The van der Waals surface area contributed by atoms with E-state index in [1.54, 1.807) is 52.4 Å². The van der Waals surface area contributed by atoms with Gasteiger partial charge < -0.3 is 14.6 Å². The van der Waals surface area contributed by atoms with E-state index in [2.05, 4.69) is 20.6 Å². The summed E-state index contributed by atoms with van der Waals surface area (Å²) in [6.07, 6.45) is 6.52. The fraction of sp³-hybridized carbons (Fsp3) is 0.231. The summed E-state index contributed by atoms with van der Waals surface area (Å²) in [5.74, 6) is 1.13. The molecule has 0 aliphatic heterocycles. The summed E-state index contributed by atoms with van der Waals surface area (Å²) in [6, 6.07) is 5.20. The van der Waals surface area contributed by atoms with Crippen molar-refractivity contribution >= 4 is 0 Å². The van der Waals surface area contributed by atoms with Gasteiger partial charge in [-0.25, -0.2) is 9.36 Å². The van der Waals surface area contributed by atoms with Crippen LogP contribution in [-0.4, -0.2) is 35.1 Å². The smallest absolute Gasteiger partial charge is 0.182 e. The van der Waals surface area contributed by atoms with Gasteiger partial charge in [-0.1, -0.05) is 10.4 Å². The zero-order valence-electron chi connectivity index (χ0n) is 11.6. The summed E-state index contributed by atoms with van der Waals surface area (Å²) in [7, 11) is 0. The molecule has 0 spiro atoms. The van der Waals surface area contributed by atoms with Crippen molar-refractivity contribution in [3.05, 3.63) is 48.5 Å². The Morgan fingerprint density at radius 2 is 1.41 bits per heavy atom. The molecule has 9 heteroatoms. The monoisotopic (exact) mass is 302 g/mol. The summed E-state index contributed by atoms with van der Waals surface area (Å²) < 4.78 is 14.3. The van der Waals surface area contributed by atoms with Crippen molar-refractivity contribution < 1.29 is 14.6 Å². The first kappa shape index (κ1) is 14.0. The third-order valence-electron chi connectivity index (χ3n) is 2.79. The minimum Gasteiger partial charge on any atom is -0.471 e. The van der Waals surface area contributed by atoms with E-state index in [1.807, 2.05) is 0 Å². The molecule has 3 rings (SSSR count). The van der Waals surface area contributed by atoms with E-state index < -0.39 is 0 Å². The normalized spacial score (nSPS) is 10.6. The van der Waals surface area contributed by atoms with Crippen LogP contribution in [0.5, 0.6) is 11.5 Å². The third kappa shape index (κ3) is 3.58. The largest absolute Gasteiger partial charge is 0.471 e. The maximum Gasteiger partial charge on any atom is 0.182 e. The number of aliphatic hydroxyl groups is 1. The second-order valence-corrected chi connectivity index (χ2v) is 4.40. The summed E-state index contributed by atoms with van der Waals surface area (Å²) in [4.78, 5) is 0. The zero-order chi connectivity index (χ0) is 15.2. The van der Waals surface area contributed by atoms with Crippen molar-refractivity contribution in [3.63, 3.8) is 0 Å². The summed E-state index contributed by atoms with van der Waals surface area (Å²) in [6.45, 7) is 0.328. The maximum atomic E-state index is 9.32. The maximum absolute atomic E-state index is 9.32. The van der Waals surface area contributed by atoms with Crippen LogP contribution in [0.4, 0.5) is 0 Å². The number of nitrogens with zero attached hydrogens (tertiary/aromatic N) is 6. The van der Waals surface area contributed by atoms with Crippen LogP contribution in [0.3, 0.4) is 0 Å². The number of aromatic nitrogens is 6. The van der Waals surface area contributed by atoms with Gasteiger partial charge in [-0.3, -0.25) is 0 Å². The van der Waals surface area contributed by atoms with E-state index in [0.29, 0.717) is 17.1 Å². The van der Waals surface area contributed by atoms with Crippen molar-refractivity contribution in [1.82, 2.24) is 30.0 Å². The Hall–Kier alpha value is -2.94. The van der Waals surface area contributed by atoms with Gasteiger partial charge in [0.15, 0.2) is 13.5 Å². The summed E-state index contributed by atoms with van der Waals surface area (Å²) in [5.41, 5.74) is 0.685. The second-order valence-electron chi connectivity index (χ2n) is 4.40. The highest BCUT2D eigenvalue weighted by Crippen LogP contribution is 2.23. The summed E-state index contributed by atoms with van der Waals surface area (Å²) in [5, 5.41) is 24.3. The molecular weight excluding hydrogens is 288 g/mol. The van der Waals surface area contributed by atoms with E-state index in [-0.39, 0.29) is 20.1 Å². The predicted octanol–water partition coefficient (Wildman–Crippen LogP) is 0.435. The van der Waals surface area contributed by atoms with Gasteiger partial charge in [0.25, 0.3) is 0 Å². The quantitative estimate of drug-likeness (QED) is 0.675. The Balaban J connectivity index is 1.68. The van der Waals surface area contributed by atoms with E-state index in [1.165, 1.54) is 0 Å². The average molecular weight is 302 g/mol. The fourth-order valence-corrected chi connectivity index (χ4v) is 1.77. The molecule has 0 fully saturated rings. The Labute approximate surface area is 125 Å². The molecule has 3 aromatic rings. The Bertz CT molecular complexity index is 642. The molecular formula is C13H14N6O3. The van der Waals surface area contributed by atoms with E-state index in [4.69, 9.17) is 9.47 Å². The van der Waals surface area contributed by atoms with E-state index >= 15 is 0 Å². The Kier molecular flexibility index (Phi) is 4.25. The third-order valence-corrected chi connectivity index (χ3v) is 2.79. The molecule has 0 bridgehead atoms. The van der Waals surface area contributed by atoms with Crippen molar-refractivity contribution in [2.24, 2.45) is 0 Å². The molecule has 0 aliphatic carbocycles. The standard InChI is InChI=1S/C13H14N6O3/c20-8-11-5-12(21-9-18-3-1-14-16-18)7-13(6-11)22-10-19-4-2-15-17-19/h1-7,20H,8-10H2. The van der Waals surface area contributed by atoms with Crippen molar-refractivity contribution in [2.75, 3.05) is 0 Å². The fourth-order valence-electron chi connectivity index (χ4n) is 1.77. The zero-order valence-corrected chi connectivity index (χ0v) is 11.6. The van der Waals surface area contributed by atoms with Crippen LogP contribution >= 0.6 is 0 Å². The molecule has 0 aliphatic rings. The average Bonchev–Trinajstić information content (AvgIpc) is 3.24. The molecule has 0 atom stereocenters. The van der Waals surface area contributed by atoms with Crippen molar-refractivity contribution in [2.45, 2.75) is 20.1 Å². The van der Waals surface area contributed by atoms with Crippen LogP contribution in [-0.2, 0) is 20.1 Å². The lowest BCUT2D eigenvalue weighted by atomic mass is 10.2. The van der Waals surface area contributed by atoms with Crippen LogP contribution in [0.25, 0.3) is 0 Å². The van der Waals surface area contributed by atoms with Crippen molar-refractivity contribution in [1.29, 1.82) is 0 Å². The molecule has 1 aromatic carbocycles. The number of ether oxygens (including phenoxy) is 2.